The van der Waals surface area contributed by atoms with E-state index in [4.69, 9.17) is 23.7 Å². The maximum absolute atomic E-state index is 9.81. The first-order valence-corrected chi connectivity index (χ1v) is 12.8. The van der Waals surface area contributed by atoms with Gasteiger partial charge in [-0.2, -0.15) is 0 Å². The number of aliphatic hydroxyl groups excluding tert-OH is 1. The van der Waals surface area contributed by atoms with Crippen LogP contribution in [0.15, 0.2) is 85.3 Å². The Morgan fingerprint density at radius 2 is 1.25 bits per heavy atom. The molecule has 0 radical (unpaired) electrons. The van der Waals surface area contributed by atoms with E-state index >= 15 is 0 Å². The fourth-order valence-corrected chi connectivity index (χ4v) is 3.84. The van der Waals surface area contributed by atoms with Crippen molar-refractivity contribution in [1.29, 1.82) is 0 Å². The van der Waals surface area contributed by atoms with Crippen molar-refractivity contribution in [2.24, 2.45) is 0 Å². The van der Waals surface area contributed by atoms with E-state index in [1.165, 1.54) is 5.56 Å². The van der Waals surface area contributed by atoms with Crippen LogP contribution in [0, 0.1) is 0 Å². The molecule has 6 atom stereocenters. The van der Waals surface area contributed by atoms with Gasteiger partial charge in [0.25, 0.3) is 0 Å². The molecule has 1 N–H and O–H groups in total. The lowest BCUT2D eigenvalue weighted by Crippen LogP contribution is -2.42. The van der Waals surface area contributed by atoms with E-state index in [2.05, 4.69) is 19.1 Å². The molecule has 0 aromatic heterocycles. The van der Waals surface area contributed by atoms with Crippen LogP contribution in [0.25, 0.3) is 0 Å². The highest BCUT2D eigenvalue weighted by Gasteiger charge is 2.31. The standard InChI is InChI=1S/C17H24O3.C13H16O3/c1-3-4-11-19-17-14(2)18-12-10-16(17)20-13-15-8-6-5-7-9-15;1-10-13(14)12(7-8-15-10)16-9-11-5-3-2-4-6-11/h5-10,12,14,16-17H,3-4,11,13H2,1-2H3;2-8,10,12-14H,9H2,1H3/t14-,16-,17-;10-,12-,13-/m00/s1. The van der Waals surface area contributed by atoms with Gasteiger partial charge >= 0.3 is 0 Å². The van der Waals surface area contributed by atoms with Gasteiger partial charge in [0.15, 0.2) is 0 Å². The SMILES string of the molecule is CCCCO[C@H]1[C@H](C)OC=C[C@@H]1OCc1ccccc1.C[C@@H]1OC=C[C@H](OCc2ccccc2)[C@H]1O. The van der Waals surface area contributed by atoms with E-state index in [0.717, 1.165) is 25.0 Å². The van der Waals surface area contributed by atoms with E-state index in [1.807, 2.05) is 68.5 Å². The molecule has 0 bridgehead atoms. The third-order valence-electron chi connectivity index (χ3n) is 6.11. The van der Waals surface area contributed by atoms with Gasteiger partial charge < -0.3 is 28.8 Å². The van der Waals surface area contributed by atoms with Gasteiger partial charge in [-0.15, -0.1) is 0 Å². The van der Waals surface area contributed by atoms with Crippen molar-refractivity contribution in [3.8, 4) is 0 Å². The molecule has 6 nitrogen and oxygen atoms in total. The molecule has 2 aromatic carbocycles. The minimum atomic E-state index is -0.603. The Morgan fingerprint density at radius 3 is 1.83 bits per heavy atom. The zero-order valence-corrected chi connectivity index (χ0v) is 21.6. The van der Waals surface area contributed by atoms with Gasteiger partial charge in [-0.05, 0) is 43.5 Å². The number of ether oxygens (including phenoxy) is 5. The number of aliphatic hydroxyl groups is 1. The summed E-state index contributed by atoms with van der Waals surface area (Å²) in [6, 6.07) is 20.1. The monoisotopic (exact) mass is 496 g/mol. The van der Waals surface area contributed by atoms with Crippen LogP contribution in [0.3, 0.4) is 0 Å². The van der Waals surface area contributed by atoms with Crippen LogP contribution in [0.5, 0.6) is 0 Å². The molecule has 2 aliphatic heterocycles. The summed E-state index contributed by atoms with van der Waals surface area (Å²) in [6.07, 6.45) is 8.04. The molecule has 0 unspecified atom stereocenters. The molecule has 0 saturated heterocycles. The average molecular weight is 497 g/mol. The fraction of sp³-hybridized carbons (Fsp3) is 0.467. The molecule has 0 amide bonds. The largest absolute Gasteiger partial charge is 0.496 e. The van der Waals surface area contributed by atoms with Gasteiger partial charge in [-0.25, -0.2) is 0 Å². The van der Waals surface area contributed by atoms with Crippen molar-refractivity contribution in [3.05, 3.63) is 96.5 Å². The average Bonchev–Trinajstić information content (AvgIpc) is 2.91. The Hall–Kier alpha value is -2.64. The van der Waals surface area contributed by atoms with Gasteiger partial charge in [-0.1, -0.05) is 74.0 Å². The van der Waals surface area contributed by atoms with Crippen molar-refractivity contribution in [2.75, 3.05) is 6.61 Å². The Morgan fingerprint density at radius 1 is 0.722 bits per heavy atom. The smallest absolute Gasteiger partial charge is 0.124 e. The summed E-state index contributed by atoms with van der Waals surface area (Å²) < 4.78 is 28.2. The zero-order chi connectivity index (χ0) is 25.6. The van der Waals surface area contributed by atoms with Gasteiger partial charge in [0.05, 0.1) is 25.7 Å². The molecular formula is C30H40O6. The summed E-state index contributed by atoms with van der Waals surface area (Å²) in [6.45, 7) is 7.86. The van der Waals surface area contributed by atoms with Crippen LogP contribution in [-0.4, -0.2) is 48.3 Å². The second-order valence-electron chi connectivity index (χ2n) is 9.04. The maximum Gasteiger partial charge on any atom is 0.124 e. The van der Waals surface area contributed by atoms with Crippen molar-refractivity contribution in [3.63, 3.8) is 0 Å². The lowest BCUT2D eigenvalue weighted by molar-refractivity contribution is -0.119. The maximum atomic E-state index is 9.81. The summed E-state index contributed by atoms with van der Waals surface area (Å²) in [5.41, 5.74) is 2.27. The van der Waals surface area contributed by atoms with E-state index in [1.54, 1.807) is 18.6 Å². The Labute approximate surface area is 215 Å². The highest BCUT2D eigenvalue weighted by molar-refractivity contribution is 5.14. The van der Waals surface area contributed by atoms with Gasteiger partial charge in [0.2, 0.25) is 0 Å². The van der Waals surface area contributed by atoms with E-state index in [9.17, 15) is 5.11 Å². The first-order valence-electron chi connectivity index (χ1n) is 12.8. The first kappa shape index (κ1) is 27.9. The third kappa shape index (κ3) is 9.10. The third-order valence-corrected chi connectivity index (χ3v) is 6.11. The number of rotatable bonds is 10. The molecule has 2 aliphatic rings. The van der Waals surface area contributed by atoms with Crippen LogP contribution < -0.4 is 0 Å². The summed E-state index contributed by atoms with van der Waals surface area (Å²) >= 11 is 0. The van der Waals surface area contributed by atoms with Crippen LogP contribution in [0.4, 0.5) is 0 Å². The minimum Gasteiger partial charge on any atom is -0.496 e. The summed E-state index contributed by atoms with van der Waals surface area (Å²) in [5, 5.41) is 9.81. The molecule has 0 saturated carbocycles. The van der Waals surface area contributed by atoms with Crippen LogP contribution in [0.1, 0.15) is 44.7 Å². The minimum absolute atomic E-state index is 0.0256. The highest BCUT2D eigenvalue weighted by atomic mass is 16.6. The molecule has 2 heterocycles. The second-order valence-corrected chi connectivity index (χ2v) is 9.04. The van der Waals surface area contributed by atoms with Crippen molar-refractivity contribution >= 4 is 0 Å². The second kappa shape index (κ2) is 15.5. The zero-order valence-electron chi connectivity index (χ0n) is 21.6. The Balaban J connectivity index is 0.000000205. The molecule has 196 valence electrons. The predicted molar refractivity (Wildman–Crippen MR) is 140 cm³/mol. The summed E-state index contributed by atoms with van der Waals surface area (Å²) in [4.78, 5) is 0. The molecule has 4 rings (SSSR count). The van der Waals surface area contributed by atoms with Crippen LogP contribution >= 0.6 is 0 Å². The Bertz CT molecular complexity index is 900. The topological polar surface area (TPSA) is 66.4 Å². The molecule has 6 heteroatoms. The van der Waals surface area contributed by atoms with Crippen molar-refractivity contribution in [1.82, 2.24) is 0 Å². The number of benzene rings is 2. The number of hydrogen-bond donors (Lipinski definition) is 1. The van der Waals surface area contributed by atoms with Crippen LogP contribution in [-0.2, 0) is 36.9 Å². The summed E-state index contributed by atoms with van der Waals surface area (Å²) in [7, 11) is 0. The number of unbranched alkanes of at least 4 members (excludes halogenated alkanes) is 1. The Kier molecular flexibility index (Phi) is 12.0. The highest BCUT2D eigenvalue weighted by Crippen LogP contribution is 2.20. The summed E-state index contributed by atoms with van der Waals surface area (Å²) in [5.74, 6) is 0. The van der Waals surface area contributed by atoms with Crippen molar-refractivity contribution < 1.29 is 28.8 Å². The molecule has 0 fully saturated rings. The molecule has 2 aromatic rings. The first-order chi connectivity index (χ1) is 17.6. The van der Waals surface area contributed by atoms with Gasteiger partial charge in [0.1, 0.15) is 36.6 Å². The van der Waals surface area contributed by atoms with Gasteiger partial charge in [0, 0.05) is 6.61 Å². The number of hydrogen-bond acceptors (Lipinski definition) is 6. The van der Waals surface area contributed by atoms with Crippen molar-refractivity contribution in [2.45, 2.75) is 83.5 Å². The molecule has 0 spiro atoms. The van der Waals surface area contributed by atoms with Crippen LogP contribution in [0.2, 0.25) is 0 Å². The lowest BCUT2D eigenvalue weighted by atomic mass is 10.1. The fourth-order valence-electron chi connectivity index (χ4n) is 3.84. The molecular weight excluding hydrogens is 456 g/mol. The predicted octanol–water partition coefficient (Wildman–Crippen LogP) is 5.55. The molecule has 0 aliphatic carbocycles. The lowest BCUT2D eigenvalue weighted by Gasteiger charge is -2.32. The quantitative estimate of drug-likeness (QED) is 0.435. The van der Waals surface area contributed by atoms with E-state index in [-0.39, 0.29) is 30.5 Å². The van der Waals surface area contributed by atoms with E-state index in [0.29, 0.717) is 13.2 Å². The molecule has 36 heavy (non-hydrogen) atoms. The normalized spacial score (nSPS) is 26.9. The van der Waals surface area contributed by atoms with E-state index < -0.39 is 6.10 Å². The van der Waals surface area contributed by atoms with Gasteiger partial charge in [-0.3, -0.25) is 0 Å².